The van der Waals surface area contributed by atoms with Crippen molar-refractivity contribution < 1.29 is 4.79 Å². The van der Waals surface area contributed by atoms with Gasteiger partial charge in [-0.05, 0) is 27.2 Å². The first-order chi connectivity index (χ1) is 9.02. The number of amides is 1. The van der Waals surface area contributed by atoms with Gasteiger partial charge in [0, 0.05) is 11.3 Å². The number of anilines is 1. The van der Waals surface area contributed by atoms with Crippen LogP contribution in [0, 0.1) is 13.8 Å². The Kier molecular flexibility index (Phi) is 3.94. The van der Waals surface area contributed by atoms with Crippen LogP contribution in [0.25, 0.3) is 0 Å². The Labute approximate surface area is 115 Å². The molecule has 6 nitrogen and oxygen atoms in total. The lowest BCUT2D eigenvalue weighted by Crippen LogP contribution is -2.19. The SMILES string of the molecule is CCc1nnc(NC(=O)[C@H](C)c2c(C)n[nH]c2C)s1. The number of nitrogens with one attached hydrogen (secondary N) is 2. The molecule has 0 aromatic carbocycles. The quantitative estimate of drug-likeness (QED) is 0.898. The normalized spacial score (nSPS) is 12.4. The molecule has 0 spiro atoms. The van der Waals surface area contributed by atoms with Gasteiger partial charge in [-0.25, -0.2) is 0 Å². The Hall–Kier alpha value is -1.76. The van der Waals surface area contributed by atoms with Crippen molar-refractivity contribution in [1.82, 2.24) is 20.4 Å². The van der Waals surface area contributed by atoms with E-state index in [1.165, 1.54) is 11.3 Å². The van der Waals surface area contributed by atoms with Crippen LogP contribution in [0.1, 0.15) is 41.7 Å². The maximum absolute atomic E-state index is 12.2. The molecule has 1 amide bonds. The Morgan fingerprint density at radius 2 is 2.16 bits per heavy atom. The second-order valence-electron chi connectivity index (χ2n) is 4.41. The molecule has 102 valence electrons. The van der Waals surface area contributed by atoms with Gasteiger partial charge in [-0.1, -0.05) is 18.3 Å². The number of aryl methyl sites for hydroxylation is 3. The lowest BCUT2D eigenvalue weighted by atomic mass is 9.98. The van der Waals surface area contributed by atoms with Crippen LogP contribution in [0.3, 0.4) is 0 Å². The van der Waals surface area contributed by atoms with E-state index in [4.69, 9.17) is 0 Å². The second kappa shape index (κ2) is 5.48. The van der Waals surface area contributed by atoms with Crippen LogP contribution in [0.15, 0.2) is 0 Å². The molecule has 7 heteroatoms. The molecule has 0 aliphatic rings. The van der Waals surface area contributed by atoms with Crippen LogP contribution in [0.5, 0.6) is 0 Å². The molecule has 0 saturated carbocycles. The van der Waals surface area contributed by atoms with E-state index >= 15 is 0 Å². The number of aromatic amines is 1. The zero-order valence-corrected chi connectivity index (χ0v) is 12.3. The van der Waals surface area contributed by atoms with E-state index in [0.717, 1.165) is 28.4 Å². The van der Waals surface area contributed by atoms with E-state index in [1.807, 2.05) is 27.7 Å². The molecule has 0 radical (unpaired) electrons. The van der Waals surface area contributed by atoms with Crippen LogP contribution >= 0.6 is 11.3 Å². The highest BCUT2D eigenvalue weighted by molar-refractivity contribution is 7.15. The smallest absolute Gasteiger partial charge is 0.233 e. The number of H-pyrrole nitrogens is 1. The lowest BCUT2D eigenvalue weighted by Gasteiger charge is -2.10. The van der Waals surface area contributed by atoms with Gasteiger partial charge in [-0.2, -0.15) is 5.10 Å². The molecule has 0 bridgehead atoms. The molecule has 2 aromatic heterocycles. The van der Waals surface area contributed by atoms with Crippen molar-refractivity contribution in [3.63, 3.8) is 0 Å². The molecule has 2 rings (SSSR count). The van der Waals surface area contributed by atoms with E-state index in [2.05, 4.69) is 25.7 Å². The van der Waals surface area contributed by atoms with Crippen molar-refractivity contribution in [3.8, 4) is 0 Å². The summed E-state index contributed by atoms with van der Waals surface area (Å²) in [6.45, 7) is 7.68. The molecule has 0 fully saturated rings. The number of hydrogen-bond acceptors (Lipinski definition) is 5. The zero-order chi connectivity index (χ0) is 14.0. The molecule has 2 aromatic rings. The van der Waals surface area contributed by atoms with Crippen molar-refractivity contribution in [1.29, 1.82) is 0 Å². The molecule has 2 N–H and O–H groups in total. The second-order valence-corrected chi connectivity index (χ2v) is 5.48. The number of carbonyl (C=O) groups excluding carboxylic acids is 1. The molecular weight excluding hydrogens is 262 g/mol. The number of rotatable bonds is 4. The summed E-state index contributed by atoms with van der Waals surface area (Å²) < 4.78 is 0. The molecule has 2 heterocycles. The third-order valence-corrected chi connectivity index (χ3v) is 3.99. The van der Waals surface area contributed by atoms with Gasteiger partial charge in [0.25, 0.3) is 0 Å². The van der Waals surface area contributed by atoms with E-state index in [1.54, 1.807) is 0 Å². The molecule has 1 atom stereocenters. The fourth-order valence-electron chi connectivity index (χ4n) is 1.99. The van der Waals surface area contributed by atoms with Crippen molar-refractivity contribution in [3.05, 3.63) is 22.0 Å². The lowest BCUT2D eigenvalue weighted by molar-refractivity contribution is -0.117. The molecule has 0 unspecified atom stereocenters. The first kappa shape index (κ1) is 13.7. The average Bonchev–Trinajstić information content (AvgIpc) is 2.96. The van der Waals surface area contributed by atoms with E-state index < -0.39 is 0 Å². The summed E-state index contributed by atoms with van der Waals surface area (Å²) in [5.74, 6) is -0.362. The largest absolute Gasteiger partial charge is 0.300 e. The van der Waals surface area contributed by atoms with Crippen molar-refractivity contribution >= 4 is 22.4 Å². The summed E-state index contributed by atoms with van der Waals surface area (Å²) in [5.41, 5.74) is 2.72. The first-order valence-electron chi connectivity index (χ1n) is 6.17. The predicted molar refractivity (Wildman–Crippen MR) is 74.4 cm³/mol. The van der Waals surface area contributed by atoms with E-state index in [0.29, 0.717) is 5.13 Å². The minimum absolute atomic E-state index is 0.0913. The average molecular weight is 279 g/mol. The van der Waals surface area contributed by atoms with Gasteiger partial charge in [0.15, 0.2) is 0 Å². The predicted octanol–water partition coefficient (Wildman–Crippen LogP) is 2.18. The fourth-order valence-corrected chi connectivity index (χ4v) is 2.67. The van der Waals surface area contributed by atoms with Crippen LogP contribution in [0.4, 0.5) is 5.13 Å². The van der Waals surface area contributed by atoms with Crippen LogP contribution in [-0.2, 0) is 11.2 Å². The monoisotopic (exact) mass is 279 g/mol. The third-order valence-electron chi connectivity index (χ3n) is 3.01. The van der Waals surface area contributed by atoms with Gasteiger partial charge in [-0.15, -0.1) is 10.2 Å². The standard InChI is InChI=1S/C12H17N5OS/c1-5-9-16-17-12(19-9)13-11(18)6(2)10-7(3)14-15-8(10)4/h6H,5H2,1-4H3,(H,14,15)(H,13,17,18)/t6-/m1/s1. The Morgan fingerprint density at radius 3 is 2.68 bits per heavy atom. The topological polar surface area (TPSA) is 83.6 Å². The maximum atomic E-state index is 12.2. The maximum Gasteiger partial charge on any atom is 0.233 e. The summed E-state index contributed by atoms with van der Waals surface area (Å²) in [6.07, 6.45) is 0.822. The van der Waals surface area contributed by atoms with Gasteiger partial charge in [0.2, 0.25) is 11.0 Å². The van der Waals surface area contributed by atoms with Crippen molar-refractivity contribution in [2.45, 2.75) is 40.0 Å². The van der Waals surface area contributed by atoms with Crippen molar-refractivity contribution in [2.24, 2.45) is 0 Å². The summed E-state index contributed by atoms with van der Waals surface area (Å²) >= 11 is 1.41. The minimum atomic E-state index is -0.271. The highest BCUT2D eigenvalue weighted by atomic mass is 32.1. The third kappa shape index (κ3) is 2.81. The van der Waals surface area contributed by atoms with Gasteiger partial charge in [0.05, 0.1) is 11.6 Å². The number of nitrogens with zero attached hydrogens (tertiary/aromatic N) is 3. The van der Waals surface area contributed by atoms with Gasteiger partial charge in [-0.3, -0.25) is 15.2 Å². The van der Waals surface area contributed by atoms with Crippen LogP contribution < -0.4 is 5.32 Å². The Morgan fingerprint density at radius 1 is 1.42 bits per heavy atom. The summed E-state index contributed by atoms with van der Waals surface area (Å²) in [6, 6.07) is 0. The van der Waals surface area contributed by atoms with Crippen LogP contribution in [0.2, 0.25) is 0 Å². The highest BCUT2D eigenvalue weighted by Gasteiger charge is 2.22. The van der Waals surface area contributed by atoms with E-state index in [9.17, 15) is 4.79 Å². The highest BCUT2D eigenvalue weighted by Crippen LogP contribution is 2.24. The van der Waals surface area contributed by atoms with Crippen LogP contribution in [-0.4, -0.2) is 26.3 Å². The Balaban J connectivity index is 2.11. The number of aromatic nitrogens is 4. The molecule has 19 heavy (non-hydrogen) atoms. The fraction of sp³-hybridized carbons (Fsp3) is 0.500. The zero-order valence-electron chi connectivity index (χ0n) is 11.4. The number of carbonyl (C=O) groups is 1. The van der Waals surface area contributed by atoms with Gasteiger partial charge >= 0.3 is 0 Å². The van der Waals surface area contributed by atoms with E-state index in [-0.39, 0.29) is 11.8 Å². The summed E-state index contributed by atoms with van der Waals surface area (Å²) in [5, 5.41) is 19.2. The number of hydrogen-bond donors (Lipinski definition) is 2. The van der Waals surface area contributed by atoms with Gasteiger partial charge in [0.1, 0.15) is 5.01 Å². The molecular formula is C12H17N5OS. The van der Waals surface area contributed by atoms with Crippen molar-refractivity contribution in [2.75, 3.05) is 5.32 Å². The Bertz CT molecular complexity index is 569. The summed E-state index contributed by atoms with van der Waals surface area (Å²) in [4.78, 5) is 12.2. The molecule has 0 saturated heterocycles. The first-order valence-corrected chi connectivity index (χ1v) is 6.99. The molecule has 0 aliphatic carbocycles. The summed E-state index contributed by atoms with van der Waals surface area (Å²) in [7, 11) is 0. The minimum Gasteiger partial charge on any atom is -0.300 e. The molecule has 0 aliphatic heterocycles. The van der Waals surface area contributed by atoms with Gasteiger partial charge < -0.3 is 0 Å².